The lowest BCUT2D eigenvalue weighted by Gasteiger charge is -2.30. The molecule has 5 rings (SSSR count). The predicted molar refractivity (Wildman–Crippen MR) is 117 cm³/mol. The van der Waals surface area contributed by atoms with Crippen LogP contribution in [0.5, 0.6) is 0 Å². The molecule has 158 valence electrons. The summed E-state index contributed by atoms with van der Waals surface area (Å²) in [6.45, 7) is 5.70. The minimum atomic E-state index is 0.0109. The summed E-state index contributed by atoms with van der Waals surface area (Å²) in [5.41, 5.74) is 2.09. The fourth-order valence-corrected chi connectivity index (χ4v) is 5.09. The van der Waals surface area contributed by atoms with E-state index in [9.17, 15) is 4.79 Å². The lowest BCUT2D eigenvalue weighted by atomic mass is 9.75. The van der Waals surface area contributed by atoms with E-state index in [4.69, 9.17) is 9.97 Å². The van der Waals surface area contributed by atoms with Crippen molar-refractivity contribution in [3.8, 4) is 11.5 Å². The highest BCUT2D eigenvalue weighted by Crippen LogP contribution is 2.40. The van der Waals surface area contributed by atoms with Crippen molar-refractivity contribution < 1.29 is 0 Å². The van der Waals surface area contributed by atoms with E-state index in [1.165, 1.54) is 24.8 Å². The Kier molecular flexibility index (Phi) is 4.83. The van der Waals surface area contributed by atoms with Crippen LogP contribution in [0.3, 0.4) is 0 Å². The van der Waals surface area contributed by atoms with E-state index in [2.05, 4.69) is 24.1 Å². The zero-order valence-corrected chi connectivity index (χ0v) is 17.9. The first-order valence-corrected chi connectivity index (χ1v) is 11.3. The third kappa shape index (κ3) is 3.20. The van der Waals surface area contributed by atoms with Crippen LogP contribution in [0.2, 0.25) is 0 Å². The van der Waals surface area contributed by atoms with E-state index in [0.717, 1.165) is 48.8 Å². The minimum Gasteiger partial charge on any atom is -0.365 e. The smallest absolute Gasteiger partial charge is 0.331 e. The van der Waals surface area contributed by atoms with Gasteiger partial charge in [-0.2, -0.15) is 0 Å². The molecule has 1 fully saturated rings. The molecule has 1 unspecified atom stereocenters. The predicted octanol–water partition coefficient (Wildman–Crippen LogP) is 3.61. The summed E-state index contributed by atoms with van der Waals surface area (Å²) >= 11 is 0. The highest BCUT2D eigenvalue weighted by molar-refractivity contribution is 5.70. The van der Waals surface area contributed by atoms with Crippen LogP contribution < -0.4 is 11.0 Å². The van der Waals surface area contributed by atoms with Crippen molar-refractivity contribution in [2.45, 2.75) is 83.3 Å². The Hall–Kier alpha value is -2.70. The minimum absolute atomic E-state index is 0.0109. The number of anilines is 1. The zero-order valence-electron chi connectivity index (χ0n) is 17.9. The number of imidazole rings is 1. The molecule has 1 aromatic rings. The second-order valence-corrected chi connectivity index (χ2v) is 9.14. The van der Waals surface area contributed by atoms with Crippen molar-refractivity contribution in [2.24, 2.45) is 0 Å². The molecular formula is C23H30N6O. The van der Waals surface area contributed by atoms with E-state index >= 15 is 0 Å². The second-order valence-electron chi connectivity index (χ2n) is 9.14. The van der Waals surface area contributed by atoms with Gasteiger partial charge < -0.3 is 5.32 Å². The van der Waals surface area contributed by atoms with Gasteiger partial charge in [0.2, 0.25) is 0 Å². The molecule has 30 heavy (non-hydrogen) atoms. The van der Waals surface area contributed by atoms with Gasteiger partial charge in [0.25, 0.3) is 0 Å². The molecule has 7 heteroatoms. The van der Waals surface area contributed by atoms with Gasteiger partial charge in [-0.3, -0.25) is 14.1 Å². The van der Waals surface area contributed by atoms with Gasteiger partial charge in [0.05, 0.1) is 0 Å². The molecule has 0 bridgehead atoms. The molecule has 1 aliphatic carbocycles. The highest BCUT2D eigenvalue weighted by Gasteiger charge is 2.37. The third-order valence-electron chi connectivity index (χ3n) is 6.77. The molecule has 1 N–H and O–H groups in total. The Morgan fingerprint density at radius 3 is 2.67 bits per heavy atom. The largest absolute Gasteiger partial charge is 0.365 e. The summed E-state index contributed by atoms with van der Waals surface area (Å²) in [7, 11) is 0. The quantitative estimate of drug-likeness (QED) is 0.700. The molecule has 1 aromatic heterocycles. The molecular weight excluding hydrogens is 376 g/mol. The fraction of sp³-hybridized carbons (Fsp3) is 0.565. The summed E-state index contributed by atoms with van der Waals surface area (Å²) in [6, 6.07) is 4.22. The number of nitrogens with one attached hydrogen (secondary N) is 1. The molecule has 0 aromatic carbocycles. The molecule has 4 aliphatic rings. The molecule has 0 spiro atoms. The lowest BCUT2D eigenvalue weighted by molar-refractivity contribution is 0.306. The molecule has 0 amide bonds. The normalized spacial score (nSPS) is 20.3. The zero-order chi connectivity index (χ0) is 20.7. The van der Waals surface area contributed by atoms with E-state index in [0.29, 0.717) is 13.1 Å². The van der Waals surface area contributed by atoms with E-state index < -0.39 is 0 Å². The number of hydrogen-bond acceptors (Lipinski definition) is 5. The van der Waals surface area contributed by atoms with Gasteiger partial charge in [-0.05, 0) is 43.4 Å². The summed E-state index contributed by atoms with van der Waals surface area (Å²) in [5.74, 6) is 2.49. The van der Waals surface area contributed by atoms with Gasteiger partial charge in [0.1, 0.15) is 17.3 Å². The number of fused-ring (bicyclic) bond motifs is 3. The molecule has 4 heterocycles. The topological polar surface area (TPSA) is 77.6 Å². The molecule has 1 saturated carbocycles. The van der Waals surface area contributed by atoms with Crippen molar-refractivity contribution >= 4 is 5.82 Å². The number of aromatic nitrogens is 5. The van der Waals surface area contributed by atoms with Crippen LogP contribution in [-0.2, 0) is 24.9 Å². The summed E-state index contributed by atoms with van der Waals surface area (Å²) in [6.07, 6.45) is 11.3. The Bertz CT molecular complexity index is 1060. The van der Waals surface area contributed by atoms with Crippen molar-refractivity contribution in [1.82, 2.24) is 24.1 Å². The van der Waals surface area contributed by atoms with Crippen LogP contribution in [0.4, 0.5) is 5.82 Å². The van der Waals surface area contributed by atoms with Gasteiger partial charge in [-0.1, -0.05) is 33.1 Å². The number of rotatable bonds is 5. The molecule has 0 radical (unpaired) electrons. The van der Waals surface area contributed by atoms with E-state index in [1.807, 2.05) is 33.7 Å². The van der Waals surface area contributed by atoms with Crippen molar-refractivity contribution in [3.63, 3.8) is 0 Å². The van der Waals surface area contributed by atoms with Gasteiger partial charge in [0.15, 0.2) is 5.82 Å². The molecule has 7 nitrogen and oxygen atoms in total. The number of hydrogen-bond donors (Lipinski definition) is 1. The average molecular weight is 407 g/mol. The first-order valence-electron chi connectivity index (χ1n) is 11.3. The number of pyridine rings is 1. The van der Waals surface area contributed by atoms with Crippen molar-refractivity contribution in [3.05, 3.63) is 46.4 Å². The van der Waals surface area contributed by atoms with Crippen LogP contribution in [0.1, 0.15) is 63.8 Å². The van der Waals surface area contributed by atoms with Crippen LogP contribution in [-0.4, -0.2) is 30.1 Å². The van der Waals surface area contributed by atoms with Gasteiger partial charge in [-0.25, -0.2) is 14.8 Å². The van der Waals surface area contributed by atoms with Gasteiger partial charge in [-0.15, -0.1) is 0 Å². The Balaban J connectivity index is 1.57. The van der Waals surface area contributed by atoms with Crippen LogP contribution in [0.25, 0.3) is 11.5 Å². The summed E-state index contributed by atoms with van der Waals surface area (Å²) < 4.78 is 3.70. The first-order chi connectivity index (χ1) is 14.6. The fourth-order valence-electron chi connectivity index (χ4n) is 5.09. The highest BCUT2D eigenvalue weighted by atomic mass is 16.1. The van der Waals surface area contributed by atoms with Crippen molar-refractivity contribution in [2.75, 3.05) is 5.32 Å². The van der Waals surface area contributed by atoms with Gasteiger partial charge >= 0.3 is 5.69 Å². The summed E-state index contributed by atoms with van der Waals surface area (Å²) in [4.78, 5) is 27.4. The first kappa shape index (κ1) is 19.3. The Labute approximate surface area is 176 Å². The molecule has 0 saturated heterocycles. The third-order valence-corrected chi connectivity index (χ3v) is 6.77. The van der Waals surface area contributed by atoms with Crippen molar-refractivity contribution in [1.29, 1.82) is 0 Å². The maximum Gasteiger partial charge on any atom is 0.331 e. The maximum atomic E-state index is 13.3. The standard InChI is InChI=1S/C23H30N6O/c1-3-13-28-20-18(26-21(27-20)23(2)9-5-4-6-10-23)19-25-17(15-29(19)22(28)30)14-16-7-11-24-12-8-16/h7-8,11-12,17,25H,3-6,9-10,13-15H2,1-2H3. The lowest BCUT2D eigenvalue weighted by Crippen LogP contribution is -2.32. The Morgan fingerprint density at radius 2 is 1.93 bits per heavy atom. The van der Waals surface area contributed by atoms with Crippen LogP contribution in [0.15, 0.2) is 29.3 Å². The molecule has 3 aliphatic heterocycles. The van der Waals surface area contributed by atoms with Crippen LogP contribution in [0, 0.1) is 0 Å². The van der Waals surface area contributed by atoms with E-state index in [1.54, 1.807) is 0 Å². The maximum absolute atomic E-state index is 13.3. The monoisotopic (exact) mass is 406 g/mol. The SMILES string of the molecule is CCCn1c2nc(C3(C)CCCCC3)nc-2c2n(c1=O)CC(Cc1ccncc1)N2. The van der Waals surface area contributed by atoms with E-state index in [-0.39, 0.29) is 17.1 Å². The number of nitrogens with zero attached hydrogens (tertiary/aromatic N) is 5. The van der Waals surface area contributed by atoms with Crippen LogP contribution >= 0.6 is 0 Å². The second kappa shape index (κ2) is 7.52. The average Bonchev–Trinajstić information content (AvgIpc) is 3.38. The molecule has 1 atom stereocenters. The summed E-state index contributed by atoms with van der Waals surface area (Å²) in [5, 5.41) is 3.59. The van der Waals surface area contributed by atoms with Gasteiger partial charge in [0, 0.05) is 36.9 Å². The Morgan fingerprint density at radius 1 is 1.17 bits per heavy atom.